The van der Waals surface area contributed by atoms with Crippen LogP contribution in [0.2, 0.25) is 0 Å². The highest BCUT2D eigenvalue weighted by atomic mass is 16.5. The number of ether oxygens (including phenoxy) is 2. The fourth-order valence-electron chi connectivity index (χ4n) is 1.30. The van der Waals surface area contributed by atoms with Crippen LogP contribution in [0.4, 0.5) is 0 Å². The smallest absolute Gasteiger partial charge is 0.224 e. The van der Waals surface area contributed by atoms with Gasteiger partial charge in [0.25, 0.3) is 0 Å². The normalized spacial score (nSPS) is 9.88. The highest BCUT2D eigenvalue weighted by molar-refractivity contribution is 5.34. The van der Waals surface area contributed by atoms with E-state index in [0.717, 1.165) is 18.5 Å². The number of methoxy groups -OCH3 is 2. The van der Waals surface area contributed by atoms with Gasteiger partial charge in [-0.15, -0.1) is 6.58 Å². The molecule has 1 aromatic heterocycles. The lowest BCUT2D eigenvalue weighted by Crippen LogP contribution is -2.16. The average Bonchev–Trinajstić information content (AvgIpc) is 2.34. The molecule has 0 amide bonds. The van der Waals surface area contributed by atoms with Crippen LogP contribution in [-0.4, -0.2) is 30.7 Å². The van der Waals surface area contributed by atoms with Crippen molar-refractivity contribution in [3.8, 4) is 11.8 Å². The molecule has 1 heterocycles. The monoisotopic (exact) mass is 223 g/mol. The molecule has 0 aliphatic rings. The van der Waals surface area contributed by atoms with Crippen LogP contribution in [0.1, 0.15) is 12.0 Å². The zero-order chi connectivity index (χ0) is 11.8. The van der Waals surface area contributed by atoms with E-state index < -0.39 is 0 Å². The Morgan fingerprint density at radius 3 is 2.44 bits per heavy atom. The first-order valence-corrected chi connectivity index (χ1v) is 5.07. The van der Waals surface area contributed by atoms with Gasteiger partial charge in [0.1, 0.15) is 6.33 Å². The van der Waals surface area contributed by atoms with Gasteiger partial charge in [0.2, 0.25) is 11.8 Å². The third-order valence-corrected chi connectivity index (χ3v) is 2.08. The third kappa shape index (κ3) is 3.20. The van der Waals surface area contributed by atoms with E-state index in [9.17, 15) is 0 Å². The Bertz CT molecular complexity index is 320. The minimum Gasteiger partial charge on any atom is -0.481 e. The molecule has 16 heavy (non-hydrogen) atoms. The molecule has 1 N–H and O–H groups in total. The Kier molecular flexibility index (Phi) is 5.28. The fraction of sp³-hybridized carbons (Fsp3) is 0.455. The van der Waals surface area contributed by atoms with E-state index in [0.29, 0.717) is 18.3 Å². The van der Waals surface area contributed by atoms with Crippen molar-refractivity contribution in [3.63, 3.8) is 0 Å². The molecular weight excluding hydrogens is 206 g/mol. The first-order valence-electron chi connectivity index (χ1n) is 5.07. The molecule has 1 rings (SSSR count). The van der Waals surface area contributed by atoms with Crippen molar-refractivity contribution in [3.05, 3.63) is 24.5 Å². The third-order valence-electron chi connectivity index (χ3n) is 2.08. The summed E-state index contributed by atoms with van der Waals surface area (Å²) in [6.45, 7) is 5.12. The number of hydrogen-bond donors (Lipinski definition) is 1. The minimum absolute atomic E-state index is 0.540. The van der Waals surface area contributed by atoms with Crippen LogP contribution in [0, 0.1) is 0 Å². The number of hydrogen-bond acceptors (Lipinski definition) is 5. The molecule has 1 aromatic rings. The molecule has 0 saturated carbocycles. The number of aromatic nitrogens is 2. The zero-order valence-electron chi connectivity index (χ0n) is 9.69. The summed E-state index contributed by atoms with van der Waals surface area (Å²) in [5.74, 6) is 1.08. The summed E-state index contributed by atoms with van der Waals surface area (Å²) in [6, 6.07) is 0. The van der Waals surface area contributed by atoms with Gasteiger partial charge < -0.3 is 14.8 Å². The van der Waals surface area contributed by atoms with Crippen LogP contribution in [0.15, 0.2) is 19.0 Å². The topological polar surface area (TPSA) is 56.3 Å². The van der Waals surface area contributed by atoms with Crippen LogP contribution in [-0.2, 0) is 6.54 Å². The summed E-state index contributed by atoms with van der Waals surface area (Å²) < 4.78 is 10.3. The molecule has 0 aliphatic heterocycles. The summed E-state index contributed by atoms with van der Waals surface area (Å²) in [5.41, 5.74) is 0.830. The molecule has 0 spiro atoms. The first-order chi connectivity index (χ1) is 7.83. The molecule has 5 nitrogen and oxygen atoms in total. The van der Waals surface area contributed by atoms with Crippen LogP contribution in [0.25, 0.3) is 0 Å². The standard InChI is InChI=1S/C11H17N3O2/c1-4-5-6-12-7-9-10(15-2)13-8-14-11(9)16-3/h4,8,12H,1,5-7H2,2-3H3. The quantitative estimate of drug-likeness (QED) is 0.555. The Balaban J connectivity index is 2.70. The largest absolute Gasteiger partial charge is 0.481 e. The summed E-state index contributed by atoms with van der Waals surface area (Å²) in [4.78, 5) is 8.06. The van der Waals surface area contributed by atoms with Gasteiger partial charge in [-0.3, -0.25) is 0 Å². The van der Waals surface area contributed by atoms with Gasteiger partial charge in [0.05, 0.1) is 19.8 Å². The van der Waals surface area contributed by atoms with E-state index >= 15 is 0 Å². The Morgan fingerprint density at radius 1 is 1.31 bits per heavy atom. The van der Waals surface area contributed by atoms with Gasteiger partial charge >= 0.3 is 0 Å². The van der Waals surface area contributed by atoms with Crippen LogP contribution < -0.4 is 14.8 Å². The maximum absolute atomic E-state index is 5.15. The summed E-state index contributed by atoms with van der Waals surface area (Å²) >= 11 is 0. The van der Waals surface area contributed by atoms with Gasteiger partial charge in [-0.2, -0.15) is 0 Å². The Hall–Kier alpha value is -1.62. The fourth-order valence-corrected chi connectivity index (χ4v) is 1.30. The second-order valence-corrected chi connectivity index (χ2v) is 3.12. The number of nitrogens with zero attached hydrogens (tertiary/aromatic N) is 2. The van der Waals surface area contributed by atoms with Crippen molar-refractivity contribution in [2.24, 2.45) is 0 Å². The SMILES string of the molecule is C=CCCNCc1c(OC)ncnc1OC. The lowest BCUT2D eigenvalue weighted by atomic mass is 10.3. The van der Waals surface area contributed by atoms with Gasteiger partial charge in [0.15, 0.2) is 0 Å². The second kappa shape index (κ2) is 6.79. The molecule has 0 unspecified atom stereocenters. The molecule has 0 atom stereocenters. The van der Waals surface area contributed by atoms with E-state index in [1.54, 1.807) is 14.2 Å². The Morgan fingerprint density at radius 2 is 1.94 bits per heavy atom. The Labute approximate surface area is 95.5 Å². The van der Waals surface area contributed by atoms with E-state index in [-0.39, 0.29) is 0 Å². The molecule has 0 fully saturated rings. The predicted octanol–water partition coefficient (Wildman–Crippen LogP) is 1.16. The average molecular weight is 223 g/mol. The van der Waals surface area contributed by atoms with Crippen molar-refractivity contribution >= 4 is 0 Å². The highest BCUT2D eigenvalue weighted by Gasteiger charge is 2.11. The lowest BCUT2D eigenvalue weighted by Gasteiger charge is -2.10. The zero-order valence-corrected chi connectivity index (χ0v) is 9.69. The maximum Gasteiger partial charge on any atom is 0.224 e. The van der Waals surface area contributed by atoms with E-state index in [4.69, 9.17) is 9.47 Å². The molecular formula is C11H17N3O2. The van der Waals surface area contributed by atoms with Crippen LogP contribution >= 0.6 is 0 Å². The maximum atomic E-state index is 5.15. The van der Waals surface area contributed by atoms with Gasteiger partial charge in [0, 0.05) is 6.54 Å². The van der Waals surface area contributed by atoms with Crippen LogP contribution in [0.5, 0.6) is 11.8 Å². The highest BCUT2D eigenvalue weighted by Crippen LogP contribution is 2.22. The molecule has 0 radical (unpaired) electrons. The second-order valence-electron chi connectivity index (χ2n) is 3.12. The molecule has 88 valence electrons. The number of rotatable bonds is 7. The van der Waals surface area contributed by atoms with E-state index in [2.05, 4.69) is 21.9 Å². The van der Waals surface area contributed by atoms with Gasteiger partial charge in [-0.1, -0.05) is 6.08 Å². The summed E-state index contributed by atoms with van der Waals surface area (Å²) in [6.07, 6.45) is 4.20. The van der Waals surface area contributed by atoms with Crippen molar-refractivity contribution in [2.45, 2.75) is 13.0 Å². The van der Waals surface area contributed by atoms with Crippen molar-refractivity contribution in [2.75, 3.05) is 20.8 Å². The molecule has 0 saturated heterocycles. The van der Waals surface area contributed by atoms with Crippen LogP contribution in [0.3, 0.4) is 0 Å². The van der Waals surface area contributed by atoms with E-state index in [1.807, 2.05) is 6.08 Å². The molecule has 0 aliphatic carbocycles. The van der Waals surface area contributed by atoms with Gasteiger partial charge in [-0.05, 0) is 13.0 Å². The molecule has 5 heteroatoms. The number of nitrogens with one attached hydrogen (secondary N) is 1. The van der Waals surface area contributed by atoms with Crippen molar-refractivity contribution in [1.82, 2.24) is 15.3 Å². The summed E-state index contributed by atoms with van der Waals surface area (Å²) in [5, 5.41) is 3.24. The van der Waals surface area contributed by atoms with E-state index in [1.165, 1.54) is 6.33 Å². The predicted molar refractivity (Wildman–Crippen MR) is 61.7 cm³/mol. The van der Waals surface area contributed by atoms with Crippen molar-refractivity contribution in [1.29, 1.82) is 0 Å². The van der Waals surface area contributed by atoms with Crippen molar-refractivity contribution < 1.29 is 9.47 Å². The van der Waals surface area contributed by atoms with Gasteiger partial charge in [-0.25, -0.2) is 9.97 Å². The molecule has 0 aromatic carbocycles. The molecule has 0 bridgehead atoms. The lowest BCUT2D eigenvalue weighted by molar-refractivity contribution is 0.359. The minimum atomic E-state index is 0.540. The summed E-state index contributed by atoms with van der Waals surface area (Å²) in [7, 11) is 3.16. The first kappa shape index (κ1) is 12.4.